The molecule has 0 saturated carbocycles. The predicted molar refractivity (Wildman–Crippen MR) is 105 cm³/mol. The lowest BCUT2D eigenvalue weighted by Crippen LogP contribution is -2.52. The molecule has 0 aromatic heterocycles. The molecule has 0 aliphatic rings. The second-order valence-electron chi connectivity index (χ2n) is 7.58. The lowest BCUT2D eigenvalue weighted by Gasteiger charge is -2.39. The van der Waals surface area contributed by atoms with Crippen molar-refractivity contribution in [2.45, 2.75) is 58.0 Å². The van der Waals surface area contributed by atoms with Gasteiger partial charge in [0.15, 0.2) is 14.4 Å². The van der Waals surface area contributed by atoms with E-state index in [0.717, 1.165) is 0 Å². The van der Waals surface area contributed by atoms with E-state index in [0.29, 0.717) is 17.7 Å². The van der Waals surface area contributed by atoms with Crippen LogP contribution in [-0.4, -0.2) is 46.4 Å². The molecule has 1 aromatic rings. The summed E-state index contributed by atoms with van der Waals surface area (Å²) >= 11 is 0. The highest BCUT2D eigenvalue weighted by Crippen LogP contribution is 2.37. The molecule has 0 saturated heterocycles. The van der Waals surface area contributed by atoms with Gasteiger partial charge in [0.25, 0.3) is 0 Å². The summed E-state index contributed by atoms with van der Waals surface area (Å²) in [4.78, 5) is 24.3. The van der Waals surface area contributed by atoms with E-state index in [1.165, 1.54) is 0 Å². The summed E-state index contributed by atoms with van der Waals surface area (Å²) < 4.78 is 16.5. The molecule has 0 bridgehead atoms. The van der Waals surface area contributed by atoms with Crippen LogP contribution in [0.2, 0.25) is 18.1 Å². The third-order valence-corrected chi connectivity index (χ3v) is 9.13. The van der Waals surface area contributed by atoms with Crippen LogP contribution >= 0.6 is 0 Å². The molecule has 7 heteroatoms. The lowest BCUT2D eigenvalue weighted by molar-refractivity contribution is -0.147. The van der Waals surface area contributed by atoms with Crippen molar-refractivity contribution >= 4 is 26.3 Å². The highest BCUT2D eigenvalue weighted by Gasteiger charge is 2.42. The van der Waals surface area contributed by atoms with E-state index in [-0.39, 0.29) is 11.6 Å². The van der Waals surface area contributed by atoms with Gasteiger partial charge in [-0.3, -0.25) is 0 Å². The Labute approximate surface area is 157 Å². The third kappa shape index (κ3) is 5.84. The Kier molecular flexibility index (Phi) is 7.83. The number of esters is 1. The van der Waals surface area contributed by atoms with E-state index in [4.69, 9.17) is 13.9 Å². The molecule has 2 atom stereocenters. The standard InChI is InChI=1S/C19H31NO5Si/c1-8-24-18(22)17(20-14-9-11-15(23-5)12-10-14)16(13-21)25-26(6,7)19(2,3)4/h9-13,16-17,20H,8H2,1-7H3/t16-,17+/m1/s1. The Morgan fingerprint density at radius 1 is 1.23 bits per heavy atom. The summed E-state index contributed by atoms with van der Waals surface area (Å²) in [7, 11) is -0.669. The van der Waals surface area contributed by atoms with E-state index in [2.05, 4.69) is 26.1 Å². The van der Waals surface area contributed by atoms with Crippen molar-refractivity contribution in [1.29, 1.82) is 0 Å². The smallest absolute Gasteiger partial charge is 0.331 e. The number of carbonyl (C=O) groups excluding carboxylic acids is 2. The maximum absolute atomic E-state index is 12.5. The van der Waals surface area contributed by atoms with Crippen LogP contribution in [0.1, 0.15) is 27.7 Å². The number of ether oxygens (including phenoxy) is 2. The first-order valence-electron chi connectivity index (χ1n) is 8.76. The molecule has 0 aliphatic carbocycles. The van der Waals surface area contributed by atoms with Gasteiger partial charge in [0.2, 0.25) is 0 Å². The molecular formula is C19H31NO5Si. The van der Waals surface area contributed by atoms with Gasteiger partial charge in [-0.25, -0.2) is 4.79 Å². The van der Waals surface area contributed by atoms with Crippen LogP contribution in [0.4, 0.5) is 5.69 Å². The molecule has 0 unspecified atom stereocenters. The van der Waals surface area contributed by atoms with Gasteiger partial charge in [0.05, 0.1) is 13.7 Å². The molecule has 0 aliphatic heterocycles. The Hall–Kier alpha value is -1.86. The van der Waals surface area contributed by atoms with Crippen molar-refractivity contribution in [3.63, 3.8) is 0 Å². The second-order valence-corrected chi connectivity index (χ2v) is 12.3. The minimum Gasteiger partial charge on any atom is -0.497 e. The molecule has 0 heterocycles. The Morgan fingerprint density at radius 3 is 2.23 bits per heavy atom. The molecule has 26 heavy (non-hydrogen) atoms. The zero-order chi connectivity index (χ0) is 20.0. The van der Waals surface area contributed by atoms with Crippen molar-refractivity contribution in [2.75, 3.05) is 19.0 Å². The number of carbonyl (C=O) groups is 2. The van der Waals surface area contributed by atoms with Crippen molar-refractivity contribution in [2.24, 2.45) is 0 Å². The fraction of sp³-hybridized carbons (Fsp3) is 0.579. The average molecular weight is 382 g/mol. The fourth-order valence-electron chi connectivity index (χ4n) is 2.07. The van der Waals surface area contributed by atoms with Crippen LogP contribution in [0.3, 0.4) is 0 Å². The molecule has 1 rings (SSSR count). The topological polar surface area (TPSA) is 73.9 Å². The number of rotatable bonds is 9. The third-order valence-electron chi connectivity index (χ3n) is 4.65. The van der Waals surface area contributed by atoms with E-state index in [1.807, 2.05) is 13.1 Å². The second kappa shape index (κ2) is 9.18. The van der Waals surface area contributed by atoms with Crippen molar-refractivity contribution < 1.29 is 23.5 Å². The van der Waals surface area contributed by atoms with Crippen molar-refractivity contribution in [3.05, 3.63) is 24.3 Å². The largest absolute Gasteiger partial charge is 0.497 e. The van der Waals surface area contributed by atoms with E-state index >= 15 is 0 Å². The minimum absolute atomic E-state index is 0.0897. The predicted octanol–water partition coefficient (Wildman–Crippen LogP) is 3.63. The molecule has 6 nitrogen and oxygen atoms in total. The molecule has 1 aromatic carbocycles. The van der Waals surface area contributed by atoms with Gasteiger partial charge in [-0.15, -0.1) is 0 Å². The Balaban J connectivity index is 3.09. The van der Waals surface area contributed by atoms with Gasteiger partial charge in [-0.1, -0.05) is 20.8 Å². The van der Waals surface area contributed by atoms with E-state index in [9.17, 15) is 9.59 Å². The van der Waals surface area contributed by atoms with Crippen LogP contribution in [0.5, 0.6) is 5.75 Å². The number of methoxy groups -OCH3 is 1. The van der Waals surface area contributed by atoms with Crippen LogP contribution < -0.4 is 10.1 Å². The van der Waals surface area contributed by atoms with Crippen LogP contribution in [-0.2, 0) is 18.8 Å². The maximum Gasteiger partial charge on any atom is 0.331 e. The van der Waals surface area contributed by atoms with Gasteiger partial charge in [0.1, 0.15) is 18.1 Å². The summed E-state index contributed by atoms with van der Waals surface area (Å²) in [6, 6.07) is 6.18. The SMILES string of the molecule is CCOC(=O)[C@@H](Nc1ccc(OC)cc1)[C@@H](C=O)O[Si](C)(C)C(C)(C)C. The van der Waals surface area contributed by atoms with Crippen LogP contribution in [0.15, 0.2) is 24.3 Å². The number of nitrogens with one attached hydrogen (secondary N) is 1. The number of hydrogen-bond donors (Lipinski definition) is 1. The molecule has 0 spiro atoms. The number of hydrogen-bond acceptors (Lipinski definition) is 6. The summed E-state index contributed by atoms with van der Waals surface area (Å²) in [6.45, 7) is 12.3. The summed E-state index contributed by atoms with van der Waals surface area (Å²) in [5.41, 5.74) is 0.675. The van der Waals surface area contributed by atoms with Crippen molar-refractivity contribution in [3.8, 4) is 5.75 Å². The van der Waals surface area contributed by atoms with Gasteiger partial charge in [-0.05, 0) is 49.3 Å². The highest BCUT2D eigenvalue weighted by atomic mass is 28.4. The maximum atomic E-state index is 12.5. The zero-order valence-corrected chi connectivity index (χ0v) is 17.8. The molecule has 146 valence electrons. The molecular weight excluding hydrogens is 350 g/mol. The normalized spacial score (nSPS) is 14.3. The highest BCUT2D eigenvalue weighted by molar-refractivity contribution is 6.74. The van der Waals surface area contributed by atoms with Gasteiger partial charge in [0, 0.05) is 5.69 Å². The Morgan fingerprint density at radius 2 is 1.81 bits per heavy atom. The molecule has 0 radical (unpaired) electrons. The monoisotopic (exact) mass is 381 g/mol. The number of benzene rings is 1. The minimum atomic E-state index is -2.25. The first kappa shape index (κ1) is 22.2. The van der Waals surface area contributed by atoms with E-state index in [1.54, 1.807) is 38.3 Å². The molecule has 0 amide bonds. The average Bonchev–Trinajstić information content (AvgIpc) is 2.57. The van der Waals surface area contributed by atoms with E-state index < -0.39 is 26.4 Å². The Bertz CT molecular complexity index is 595. The van der Waals surface area contributed by atoms with Gasteiger partial charge in [-0.2, -0.15) is 0 Å². The fourth-order valence-corrected chi connectivity index (χ4v) is 3.29. The summed E-state index contributed by atoms with van der Waals surface area (Å²) in [5.74, 6) is 0.187. The first-order valence-corrected chi connectivity index (χ1v) is 11.7. The molecule has 1 N–H and O–H groups in total. The van der Waals surface area contributed by atoms with Crippen molar-refractivity contribution in [1.82, 2.24) is 0 Å². The number of aldehydes is 1. The zero-order valence-electron chi connectivity index (χ0n) is 16.8. The van der Waals surface area contributed by atoms with Crippen LogP contribution in [0.25, 0.3) is 0 Å². The first-order chi connectivity index (χ1) is 12.1. The number of anilines is 1. The van der Waals surface area contributed by atoms with Crippen LogP contribution in [0, 0.1) is 0 Å². The lowest BCUT2D eigenvalue weighted by atomic mass is 10.1. The summed E-state index contributed by atoms with van der Waals surface area (Å²) in [5, 5.41) is 2.99. The van der Waals surface area contributed by atoms with Gasteiger partial charge < -0.3 is 24.0 Å². The summed E-state index contributed by atoms with van der Waals surface area (Å²) in [6.07, 6.45) is -0.254. The van der Waals surface area contributed by atoms with Gasteiger partial charge >= 0.3 is 5.97 Å². The quantitative estimate of drug-likeness (QED) is 0.400. The molecule has 0 fully saturated rings.